The van der Waals surface area contributed by atoms with Gasteiger partial charge in [-0.1, -0.05) is 17.7 Å². The van der Waals surface area contributed by atoms with Gasteiger partial charge in [0.1, 0.15) is 17.2 Å². The number of hydrogen-bond acceptors (Lipinski definition) is 3. The van der Waals surface area contributed by atoms with Gasteiger partial charge in [-0.05, 0) is 74.5 Å². The van der Waals surface area contributed by atoms with Crippen LogP contribution in [0, 0.1) is 6.92 Å². The third-order valence-corrected chi connectivity index (χ3v) is 3.76. The van der Waals surface area contributed by atoms with Crippen LogP contribution in [0.2, 0.25) is 0 Å². The standard InChI is InChI=1S/C22H21NO3/c1-3-25-19-11-13-21(14-12-19)26-20-9-7-18(8-10-20)23-22(24)17-6-4-5-16(2)15-17/h4-15H,3H2,1-2H3,(H,23,24). The minimum Gasteiger partial charge on any atom is -0.494 e. The van der Waals surface area contributed by atoms with Gasteiger partial charge in [-0.25, -0.2) is 0 Å². The van der Waals surface area contributed by atoms with E-state index in [-0.39, 0.29) is 5.91 Å². The van der Waals surface area contributed by atoms with E-state index in [1.807, 2.05) is 80.6 Å². The minimum absolute atomic E-state index is 0.131. The Hall–Kier alpha value is -3.27. The van der Waals surface area contributed by atoms with Gasteiger partial charge in [0.15, 0.2) is 0 Å². The first kappa shape index (κ1) is 17.5. The lowest BCUT2D eigenvalue weighted by molar-refractivity contribution is 0.102. The van der Waals surface area contributed by atoms with Gasteiger partial charge in [0.25, 0.3) is 5.91 Å². The van der Waals surface area contributed by atoms with E-state index in [0.717, 1.165) is 22.7 Å². The lowest BCUT2D eigenvalue weighted by Gasteiger charge is -2.09. The molecule has 0 bridgehead atoms. The lowest BCUT2D eigenvalue weighted by atomic mass is 10.1. The predicted octanol–water partition coefficient (Wildman–Crippen LogP) is 5.44. The number of carbonyl (C=O) groups excluding carboxylic acids is 1. The molecular formula is C22H21NO3. The van der Waals surface area contributed by atoms with Crippen molar-refractivity contribution < 1.29 is 14.3 Å². The molecule has 1 amide bonds. The monoisotopic (exact) mass is 347 g/mol. The Bertz CT molecular complexity index is 871. The Morgan fingerprint density at radius 2 is 1.50 bits per heavy atom. The third-order valence-electron chi connectivity index (χ3n) is 3.76. The topological polar surface area (TPSA) is 47.6 Å². The predicted molar refractivity (Wildman–Crippen MR) is 103 cm³/mol. The molecule has 0 aromatic heterocycles. The highest BCUT2D eigenvalue weighted by atomic mass is 16.5. The molecule has 0 aliphatic rings. The first-order valence-corrected chi connectivity index (χ1v) is 8.53. The van der Waals surface area contributed by atoms with E-state index in [9.17, 15) is 4.79 Å². The van der Waals surface area contributed by atoms with Gasteiger partial charge in [-0.3, -0.25) is 4.79 Å². The van der Waals surface area contributed by atoms with Crippen molar-refractivity contribution in [2.45, 2.75) is 13.8 Å². The summed E-state index contributed by atoms with van der Waals surface area (Å²) in [6, 6.07) is 22.2. The summed E-state index contributed by atoms with van der Waals surface area (Å²) in [4.78, 5) is 12.3. The number of carbonyl (C=O) groups is 1. The Morgan fingerprint density at radius 3 is 2.12 bits per heavy atom. The number of benzene rings is 3. The number of amides is 1. The van der Waals surface area contributed by atoms with Crippen LogP contribution in [-0.4, -0.2) is 12.5 Å². The fraction of sp³-hybridized carbons (Fsp3) is 0.136. The van der Waals surface area contributed by atoms with E-state index in [0.29, 0.717) is 17.9 Å². The second kappa shape index (κ2) is 8.21. The van der Waals surface area contributed by atoms with Gasteiger partial charge in [0.05, 0.1) is 6.61 Å². The van der Waals surface area contributed by atoms with Crippen LogP contribution >= 0.6 is 0 Å². The summed E-state index contributed by atoms with van der Waals surface area (Å²) in [6.45, 7) is 4.55. The Labute approximate surface area is 153 Å². The van der Waals surface area contributed by atoms with Crippen LogP contribution in [0.4, 0.5) is 5.69 Å². The maximum atomic E-state index is 12.3. The van der Waals surface area contributed by atoms with E-state index >= 15 is 0 Å². The number of rotatable bonds is 6. The Kier molecular flexibility index (Phi) is 5.54. The van der Waals surface area contributed by atoms with Crippen LogP contribution in [-0.2, 0) is 0 Å². The fourth-order valence-corrected chi connectivity index (χ4v) is 2.50. The number of ether oxygens (including phenoxy) is 2. The number of hydrogen-bond donors (Lipinski definition) is 1. The second-order valence-corrected chi connectivity index (χ2v) is 5.85. The molecule has 3 aromatic carbocycles. The summed E-state index contributed by atoms with van der Waals surface area (Å²) in [5.41, 5.74) is 2.41. The normalized spacial score (nSPS) is 10.2. The molecule has 0 saturated carbocycles. The van der Waals surface area contributed by atoms with Gasteiger partial charge < -0.3 is 14.8 Å². The van der Waals surface area contributed by atoms with E-state index in [1.54, 1.807) is 6.07 Å². The average molecular weight is 347 g/mol. The molecule has 0 aliphatic heterocycles. The smallest absolute Gasteiger partial charge is 0.255 e. The van der Waals surface area contributed by atoms with Crippen molar-refractivity contribution >= 4 is 11.6 Å². The lowest BCUT2D eigenvalue weighted by Crippen LogP contribution is -2.11. The fourth-order valence-electron chi connectivity index (χ4n) is 2.50. The van der Waals surface area contributed by atoms with Gasteiger partial charge in [-0.15, -0.1) is 0 Å². The first-order valence-electron chi connectivity index (χ1n) is 8.53. The van der Waals surface area contributed by atoms with Crippen molar-refractivity contribution in [3.63, 3.8) is 0 Å². The van der Waals surface area contributed by atoms with Crippen LogP contribution in [0.3, 0.4) is 0 Å². The molecule has 0 heterocycles. The van der Waals surface area contributed by atoms with Crippen LogP contribution in [0.1, 0.15) is 22.8 Å². The summed E-state index contributed by atoms with van der Waals surface area (Å²) < 4.78 is 11.2. The maximum absolute atomic E-state index is 12.3. The average Bonchev–Trinajstić information content (AvgIpc) is 2.65. The molecule has 0 saturated heterocycles. The molecule has 0 spiro atoms. The molecule has 0 unspecified atom stereocenters. The van der Waals surface area contributed by atoms with Crippen LogP contribution in [0.15, 0.2) is 72.8 Å². The molecule has 1 N–H and O–H groups in total. The number of aryl methyl sites for hydroxylation is 1. The largest absolute Gasteiger partial charge is 0.494 e. The SMILES string of the molecule is CCOc1ccc(Oc2ccc(NC(=O)c3cccc(C)c3)cc2)cc1. The molecule has 0 aliphatic carbocycles. The van der Waals surface area contributed by atoms with Crippen molar-refractivity contribution in [2.75, 3.05) is 11.9 Å². The minimum atomic E-state index is -0.131. The zero-order chi connectivity index (χ0) is 18.4. The Balaban J connectivity index is 1.62. The van der Waals surface area contributed by atoms with Gasteiger partial charge in [-0.2, -0.15) is 0 Å². The van der Waals surface area contributed by atoms with Gasteiger partial charge in [0, 0.05) is 11.3 Å². The summed E-state index contributed by atoms with van der Waals surface area (Å²) in [5, 5.41) is 2.89. The number of anilines is 1. The molecule has 26 heavy (non-hydrogen) atoms. The van der Waals surface area contributed by atoms with E-state index in [4.69, 9.17) is 9.47 Å². The molecule has 0 fully saturated rings. The van der Waals surface area contributed by atoms with Crippen molar-refractivity contribution in [1.82, 2.24) is 0 Å². The highest BCUT2D eigenvalue weighted by Crippen LogP contribution is 2.25. The quantitative estimate of drug-likeness (QED) is 0.646. The second-order valence-electron chi connectivity index (χ2n) is 5.85. The highest BCUT2D eigenvalue weighted by Gasteiger charge is 2.06. The summed E-state index contributed by atoms with van der Waals surface area (Å²) in [7, 11) is 0. The molecule has 0 radical (unpaired) electrons. The zero-order valence-electron chi connectivity index (χ0n) is 14.9. The molecule has 4 nitrogen and oxygen atoms in total. The molecule has 0 atom stereocenters. The molecule has 132 valence electrons. The molecule has 3 aromatic rings. The summed E-state index contributed by atoms with van der Waals surface area (Å²) in [6.07, 6.45) is 0. The van der Waals surface area contributed by atoms with E-state index in [1.165, 1.54) is 0 Å². The van der Waals surface area contributed by atoms with E-state index in [2.05, 4.69) is 5.32 Å². The van der Waals surface area contributed by atoms with Crippen molar-refractivity contribution in [3.8, 4) is 17.2 Å². The van der Waals surface area contributed by atoms with Crippen LogP contribution < -0.4 is 14.8 Å². The molecule has 4 heteroatoms. The van der Waals surface area contributed by atoms with Crippen LogP contribution in [0.25, 0.3) is 0 Å². The zero-order valence-corrected chi connectivity index (χ0v) is 14.9. The summed E-state index contributed by atoms with van der Waals surface area (Å²) >= 11 is 0. The van der Waals surface area contributed by atoms with Crippen LogP contribution in [0.5, 0.6) is 17.2 Å². The molecular weight excluding hydrogens is 326 g/mol. The van der Waals surface area contributed by atoms with Gasteiger partial charge >= 0.3 is 0 Å². The summed E-state index contributed by atoms with van der Waals surface area (Å²) in [5.74, 6) is 2.11. The van der Waals surface area contributed by atoms with Crippen molar-refractivity contribution in [1.29, 1.82) is 0 Å². The maximum Gasteiger partial charge on any atom is 0.255 e. The number of nitrogens with one attached hydrogen (secondary N) is 1. The molecule has 3 rings (SSSR count). The Morgan fingerprint density at radius 1 is 0.885 bits per heavy atom. The van der Waals surface area contributed by atoms with Gasteiger partial charge in [0.2, 0.25) is 0 Å². The van der Waals surface area contributed by atoms with Crippen molar-refractivity contribution in [3.05, 3.63) is 83.9 Å². The highest BCUT2D eigenvalue weighted by molar-refractivity contribution is 6.04. The third kappa shape index (κ3) is 4.63. The van der Waals surface area contributed by atoms with Crippen molar-refractivity contribution in [2.24, 2.45) is 0 Å². The van der Waals surface area contributed by atoms with E-state index < -0.39 is 0 Å². The first-order chi connectivity index (χ1) is 12.6.